The second kappa shape index (κ2) is 4.00. The highest BCUT2D eigenvalue weighted by molar-refractivity contribution is 5.98. The van der Waals surface area contributed by atoms with Gasteiger partial charge in [-0.1, -0.05) is 6.08 Å². The molecule has 0 amide bonds. The minimum Gasteiger partial charge on any atom is -0.327 e. The van der Waals surface area contributed by atoms with Crippen molar-refractivity contribution in [3.63, 3.8) is 0 Å². The summed E-state index contributed by atoms with van der Waals surface area (Å²) in [4.78, 5) is 11.4. The number of carbonyl (C=O) groups excluding carboxylic acids is 1. The number of hydrogen-bond acceptors (Lipinski definition) is 4. The van der Waals surface area contributed by atoms with E-state index >= 15 is 0 Å². The zero-order valence-corrected chi connectivity index (χ0v) is 8.12. The van der Waals surface area contributed by atoms with E-state index in [9.17, 15) is 4.79 Å². The number of rotatable bonds is 4. The third kappa shape index (κ3) is 1.65. The minimum absolute atomic E-state index is 0.0190. The SMILES string of the molecule is COC(OC)(OC)C1=CCCC1=O. The third-order valence-electron chi connectivity index (χ3n) is 2.16. The molecule has 0 unspecified atom stereocenters. The molecule has 0 fully saturated rings. The molecular weight excluding hydrogens is 172 g/mol. The van der Waals surface area contributed by atoms with E-state index in [0.29, 0.717) is 12.0 Å². The van der Waals surface area contributed by atoms with Crippen molar-refractivity contribution in [1.82, 2.24) is 0 Å². The Labute approximate surface area is 77.5 Å². The molecule has 1 aliphatic rings. The summed E-state index contributed by atoms with van der Waals surface area (Å²) in [6.07, 6.45) is 3.03. The molecule has 74 valence electrons. The summed E-state index contributed by atoms with van der Waals surface area (Å²) in [6, 6.07) is 0. The zero-order chi connectivity index (χ0) is 9.90. The van der Waals surface area contributed by atoms with Crippen LogP contribution in [0.25, 0.3) is 0 Å². The number of hydrogen-bond donors (Lipinski definition) is 0. The number of allylic oxidation sites excluding steroid dienone is 1. The Morgan fingerprint density at radius 3 is 2.08 bits per heavy atom. The summed E-state index contributed by atoms with van der Waals surface area (Å²) in [6.45, 7) is 0. The van der Waals surface area contributed by atoms with E-state index in [-0.39, 0.29) is 5.78 Å². The second-order valence-corrected chi connectivity index (χ2v) is 2.75. The molecule has 0 radical (unpaired) electrons. The van der Waals surface area contributed by atoms with E-state index < -0.39 is 5.97 Å². The Kier molecular flexibility index (Phi) is 3.19. The fraction of sp³-hybridized carbons (Fsp3) is 0.667. The number of ketones is 1. The van der Waals surface area contributed by atoms with Gasteiger partial charge < -0.3 is 14.2 Å². The van der Waals surface area contributed by atoms with Gasteiger partial charge in [0.2, 0.25) is 0 Å². The van der Waals surface area contributed by atoms with Crippen LogP contribution in [0.1, 0.15) is 12.8 Å². The van der Waals surface area contributed by atoms with Crippen LogP contribution in [-0.4, -0.2) is 33.1 Å². The molecule has 0 heterocycles. The summed E-state index contributed by atoms with van der Waals surface area (Å²) in [5.74, 6) is -1.29. The number of methoxy groups -OCH3 is 3. The van der Waals surface area contributed by atoms with E-state index in [1.165, 1.54) is 21.3 Å². The quantitative estimate of drug-likeness (QED) is 0.611. The molecule has 4 nitrogen and oxygen atoms in total. The molecule has 0 atom stereocenters. The Morgan fingerprint density at radius 1 is 1.23 bits per heavy atom. The Balaban J connectivity index is 2.92. The van der Waals surface area contributed by atoms with Gasteiger partial charge in [0, 0.05) is 27.8 Å². The first kappa shape index (κ1) is 10.4. The lowest BCUT2D eigenvalue weighted by molar-refractivity contribution is -0.324. The monoisotopic (exact) mass is 186 g/mol. The zero-order valence-electron chi connectivity index (χ0n) is 8.12. The highest BCUT2D eigenvalue weighted by Crippen LogP contribution is 2.29. The van der Waals surface area contributed by atoms with Crippen molar-refractivity contribution >= 4 is 5.78 Å². The molecule has 0 aliphatic heterocycles. The molecular formula is C9H14O4. The Hall–Kier alpha value is -0.710. The fourth-order valence-corrected chi connectivity index (χ4v) is 1.47. The fourth-order valence-electron chi connectivity index (χ4n) is 1.47. The van der Waals surface area contributed by atoms with Gasteiger partial charge >= 0.3 is 5.97 Å². The van der Waals surface area contributed by atoms with Crippen LogP contribution in [0.2, 0.25) is 0 Å². The van der Waals surface area contributed by atoms with Gasteiger partial charge in [0.15, 0.2) is 5.78 Å². The molecule has 0 spiro atoms. The topological polar surface area (TPSA) is 44.8 Å². The first-order valence-corrected chi connectivity index (χ1v) is 4.09. The predicted octanol–water partition coefficient (Wildman–Crippen LogP) is 0.869. The molecule has 0 saturated carbocycles. The van der Waals surface area contributed by atoms with Gasteiger partial charge in [0.05, 0.1) is 5.57 Å². The van der Waals surface area contributed by atoms with Crippen molar-refractivity contribution in [3.8, 4) is 0 Å². The summed E-state index contributed by atoms with van der Waals surface area (Å²) in [5.41, 5.74) is 0.458. The molecule has 0 aromatic carbocycles. The van der Waals surface area contributed by atoms with Crippen LogP contribution in [0.3, 0.4) is 0 Å². The van der Waals surface area contributed by atoms with Crippen molar-refractivity contribution in [1.29, 1.82) is 0 Å². The summed E-state index contributed by atoms with van der Waals surface area (Å²) < 4.78 is 15.2. The van der Waals surface area contributed by atoms with Gasteiger partial charge in [-0.15, -0.1) is 0 Å². The van der Waals surface area contributed by atoms with E-state index in [4.69, 9.17) is 14.2 Å². The molecule has 4 heteroatoms. The van der Waals surface area contributed by atoms with Crippen LogP contribution < -0.4 is 0 Å². The number of Topliss-reactive ketones (excluding diaryl/α,β-unsaturated/α-hetero) is 1. The molecule has 1 aliphatic carbocycles. The van der Waals surface area contributed by atoms with E-state index in [2.05, 4.69) is 0 Å². The Morgan fingerprint density at radius 2 is 1.77 bits per heavy atom. The molecule has 1 rings (SSSR count). The normalized spacial score (nSPS) is 17.8. The third-order valence-corrected chi connectivity index (χ3v) is 2.16. The summed E-state index contributed by atoms with van der Waals surface area (Å²) in [7, 11) is 4.33. The highest BCUT2D eigenvalue weighted by Gasteiger charge is 2.40. The van der Waals surface area contributed by atoms with Gasteiger partial charge in [0.25, 0.3) is 0 Å². The van der Waals surface area contributed by atoms with Crippen LogP contribution in [0.5, 0.6) is 0 Å². The average Bonchev–Trinajstić information content (AvgIpc) is 2.57. The predicted molar refractivity (Wildman–Crippen MR) is 46.1 cm³/mol. The summed E-state index contributed by atoms with van der Waals surface area (Å²) in [5, 5.41) is 0. The van der Waals surface area contributed by atoms with Crippen LogP contribution in [0.4, 0.5) is 0 Å². The van der Waals surface area contributed by atoms with Crippen LogP contribution in [-0.2, 0) is 19.0 Å². The van der Waals surface area contributed by atoms with Crippen LogP contribution >= 0.6 is 0 Å². The molecule has 0 N–H and O–H groups in total. The Bertz CT molecular complexity index is 220. The first-order valence-electron chi connectivity index (χ1n) is 4.09. The second-order valence-electron chi connectivity index (χ2n) is 2.75. The van der Waals surface area contributed by atoms with E-state index in [1.54, 1.807) is 6.08 Å². The molecule has 0 aromatic rings. The van der Waals surface area contributed by atoms with E-state index in [0.717, 1.165) is 6.42 Å². The van der Waals surface area contributed by atoms with Crippen molar-refractivity contribution in [2.24, 2.45) is 0 Å². The summed E-state index contributed by atoms with van der Waals surface area (Å²) >= 11 is 0. The maximum absolute atomic E-state index is 11.4. The number of carbonyl (C=O) groups is 1. The maximum Gasteiger partial charge on any atom is 0.314 e. The smallest absolute Gasteiger partial charge is 0.314 e. The van der Waals surface area contributed by atoms with Gasteiger partial charge in [-0.05, 0) is 6.42 Å². The van der Waals surface area contributed by atoms with Crippen molar-refractivity contribution in [2.45, 2.75) is 18.8 Å². The van der Waals surface area contributed by atoms with Crippen LogP contribution in [0, 0.1) is 0 Å². The molecule has 0 aromatic heterocycles. The van der Waals surface area contributed by atoms with Crippen molar-refractivity contribution < 1.29 is 19.0 Å². The van der Waals surface area contributed by atoms with Crippen molar-refractivity contribution in [3.05, 3.63) is 11.6 Å². The van der Waals surface area contributed by atoms with E-state index in [1.807, 2.05) is 0 Å². The van der Waals surface area contributed by atoms with Gasteiger partial charge in [0.1, 0.15) is 0 Å². The van der Waals surface area contributed by atoms with Gasteiger partial charge in [-0.25, -0.2) is 0 Å². The molecule has 0 saturated heterocycles. The lowest BCUT2D eigenvalue weighted by atomic mass is 10.2. The number of ether oxygens (including phenoxy) is 3. The lowest BCUT2D eigenvalue weighted by Crippen LogP contribution is -2.40. The largest absolute Gasteiger partial charge is 0.327 e. The first-order chi connectivity index (χ1) is 6.20. The minimum atomic E-state index is -1.31. The average molecular weight is 186 g/mol. The van der Waals surface area contributed by atoms with Crippen LogP contribution in [0.15, 0.2) is 11.6 Å². The van der Waals surface area contributed by atoms with Crippen molar-refractivity contribution in [2.75, 3.05) is 21.3 Å². The van der Waals surface area contributed by atoms with Gasteiger partial charge in [-0.2, -0.15) is 0 Å². The molecule has 13 heavy (non-hydrogen) atoms. The van der Waals surface area contributed by atoms with Gasteiger partial charge in [-0.3, -0.25) is 4.79 Å². The standard InChI is InChI=1S/C9H14O4/c1-11-9(12-2,13-3)7-5-4-6-8(7)10/h5H,4,6H2,1-3H3. The highest BCUT2D eigenvalue weighted by atomic mass is 16.9. The lowest BCUT2D eigenvalue weighted by Gasteiger charge is -2.28. The molecule has 0 bridgehead atoms. The maximum atomic E-state index is 11.4.